The fourth-order valence-electron chi connectivity index (χ4n) is 0.621. The van der Waals surface area contributed by atoms with Crippen LogP contribution < -0.4 is 5.48 Å². The highest BCUT2D eigenvalue weighted by Gasteiger charge is 1.95. The van der Waals surface area contributed by atoms with Gasteiger partial charge in [-0.2, -0.15) is 10.2 Å². The lowest BCUT2D eigenvalue weighted by Crippen LogP contribution is -2.04. The smallest absolute Gasteiger partial charge is 0.234 e. The van der Waals surface area contributed by atoms with Crippen molar-refractivity contribution < 1.29 is 4.84 Å². The van der Waals surface area contributed by atoms with Crippen LogP contribution in [-0.2, 0) is 4.84 Å². The zero-order chi connectivity index (χ0) is 9.52. The van der Waals surface area contributed by atoms with E-state index in [1.54, 1.807) is 12.1 Å². The predicted octanol–water partition coefficient (Wildman–Crippen LogP) is 0.325. The number of anilines is 1. The van der Waals surface area contributed by atoms with E-state index in [1.165, 1.54) is 6.20 Å². The predicted molar refractivity (Wildman–Crippen MR) is 45.2 cm³/mol. The summed E-state index contributed by atoms with van der Waals surface area (Å²) in [6.07, 6.45) is 6.40. The van der Waals surface area contributed by atoms with Gasteiger partial charge in [-0.05, 0) is 0 Å². The molecule has 1 heterocycles. The van der Waals surface area contributed by atoms with Gasteiger partial charge in [-0.15, -0.1) is 6.42 Å². The molecule has 0 aliphatic heterocycles. The van der Waals surface area contributed by atoms with Crippen molar-refractivity contribution in [3.8, 4) is 18.4 Å². The summed E-state index contributed by atoms with van der Waals surface area (Å²) in [5.74, 6) is 2.76. The maximum Gasteiger partial charge on any atom is 0.234 e. The van der Waals surface area contributed by atoms with Crippen molar-refractivity contribution in [2.45, 2.75) is 0 Å². The quantitative estimate of drug-likeness (QED) is 0.406. The number of hydrogen-bond acceptors (Lipinski definition) is 5. The van der Waals surface area contributed by atoms with E-state index in [0.717, 1.165) is 0 Å². The second kappa shape index (κ2) is 4.70. The summed E-state index contributed by atoms with van der Waals surface area (Å²) in [4.78, 5) is 12.2. The van der Waals surface area contributed by atoms with E-state index < -0.39 is 0 Å². The number of hydrogen-bond donors (Lipinski definition) is 1. The molecule has 0 amide bonds. The summed E-state index contributed by atoms with van der Waals surface area (Å²) in [5.41, 5.74) is 2.48. The molecule has 0 saturated carbocycles. The molecule has 0 aliphatic rings. The minimum atomic E-state index is 0.0781. The van der Waals surface area contributed by atoms with Crippen molar-refractivity contribution in [1.29, 1.82) is 5.26 Å². The van der Waals surface area contributed by atoms with Crippen LogP contribution >= 0.6 is 0 Å². The van der Waals surface area contributed by atoms with Crippen LogP contribution in [0.15, 0.2) is 12.3 Å². The summed E-state index contributed by atoms with van der Waals surface area (Å²) in [7, 11) is 0. The van der Waals surface area contributed by atoms with E-state index in [4.69, 9.17) is 16.5 Å². The Bertz CT molecular complexity index is 363. The zero-order valence-corrected chi connectivity index (χ0v) is 6.69. The molecule has 0 fully saturated rings. The highest BCUT2D eigenvalue weighted by molar-refractivity contribution is 5.32. The molecule has 0 saturated heterocycles. The molecule has 0 aliphatic carbocycles. The topological polar surface area (TPSA) is 70.8 Å². The van der Waals surface area contributed by atoms with Crippen molar-refractivity contribution in [2.24, 2.45) is 0 Å². The number of rotatable bonds is 3. The standard InChI is InChI=1S/C8H6N4O/c1-2-5-13-12-7-3-4-10-8(6-9)11-7/h1,3-4H,5H2,(H,10,11,12). The van der Waals surface area contributed by atoms with Crippen molar-refractivity contribution in [1.82, 2.24) is 9.97 Å². The van der Waals surface area contributed by atoms with E-state index in [2.05, 4.69) is 21.4 Å². The van der Waals surface area contributed by atoms with E-state index >= 15 is 0 Å². The lowest BCUT2D eigenvalue weighted by molar-refractivity contribution is 0.232. The Balaban J connectivity index is 2.59. The maximum absolute atomic E-state index is 8.46. The number of nitriles is 1. The monoisotopic (exact) mass is 174 g/mol. The minimum absolute atomic E-state index is 0.0781. The first-order chi connectivity index (χ1) is 6.36. The number of nitrogens with zero attached hydrogens (tertiary/aromatic N) is 3. The van der Waals surface area contributed by atoms with Gasteiger partial charge in [0, 0.05) is 12.3 Å². The lowest BCUT2D eigenvalue weighted by Gasteiger charge is -2.01. The first-order valence-electron chi connectivity index (χ1n) is 3.41. The van der Waals surface area contributed by atoms with Gasteiger partial charge in [0.15, 0.2) is 5.82 Å². The Hall–Kier alpha value is -2.11. The van der Waals surface area contributed by atoms with Crippen molar-refractivity contribution in [3.63, 3.8) is 0 Å². The molecule has 0 aromatic carbocycles. The Labute approximate surface area is 75.3 Å². The highest BCUT2D eigenvalue weighted by Crippen LogP contribution is 2.00. The SMILES string of the molecule is C#CCONc1ccnc(C#N)n1. The average Bonchev–Trinajstić information content (AvgIpc) is 2.19. The normalized spacial score (nSPS) is 8.46. The molecule has 0 spiro atoms. The summed E-state index contributed by atoms with van der Waals surface area (Å²) in [6.45, 7) is 0.131. The fraction of sp³-hybridized carbons (Fsp3) is 0.125. The highest BCUT2D eigenvalue weighted by atomic mass is 16.6. The molecule has 5 nitrogen and oxygen atoms in total. The van der Waals surface area contributed by atoms with Crippen LogP contribution in [0.3, 0.4) is 0 Å². The molecule has 0 radical (unpaired) electrons. The first-order valence-corrected chi connectivity index (χ1v) is 3.41. The lowest BCUT2D eigenvalue weighted by atomic mass is 10.5. The Morgan fingerprint density at radius 2 is 2.54 bits per heavy atom. The van der Waals surface area contributed by atoms with Gasteiger partial charge < -0.3 is 0 Å². The van der Waals surface area contributed by atoms with Crippen LogP contribution in [-0.4, -0.2) is 16.6 Å². The fourth-order valence-corrected chi connectivity index (χ4v) is 0.621. The Morgan fingerprint density at radius 3 is 3.23 bits per heavy atom. The van der Waals surface area contributed by atoms with Crippen LogP contribution in [0.2, 0.25) is 0 Å². The number of aromatic nitrogens is 2. The molecule has 1 rings (SSSR count). The van der Waals surface area contributed by atoms with Gasteiger partial charge in [-0.3, -0.25) is 4.84 Å². The van der Waals surface area contributed by atoms with Crippen LogP contribution in [0.1, 0.15) is 5.82 Å². The van der Waals surface area contributed by atoms with Gasteiger partial charge in [0.05, 0.1) is 0 Å². The van der Waals surface area contributed by atoms with E-state index in [-0.39, 0.29) is 12.4 Å². The third kappa shape index (κ3) is 2.78. The third-order valence-electron chi connectivity index (χ3n) is 1.09. The molecule has 0 unspecified atom stereocenters. The summed E-state index contributed by atoms with van der Waals surface area (Å²) >= 11 is 0. The van der Waals surface area contributed by atoms with Gasteiger partial charge in [0.25, 0.3) is 0 Å². The molecule has 13 heavy (non-hydrogen) atoms. The molecular formula is C8H6N4O. The van der Waals surface area contributed by atoms with Crippen LogP contribution in [0.4, 0.5) is 5.82 Å². The Kier molecular flexibility index (Phi) is 3.25. The van der Waals surface area contributed by atoms with Crippen molar-refractivity contribution >= 4 is 5.82 Å². The van der Waals surface area contributed by atoms with Gasteiger partial charge in [-0.25, -0.2) is 10.5 Å². The van der Waals surface area contributed by atoms with Crippen LogP contribution in [0.25, 0.3) is 0 Å². The number of terminal acetylenes is 1. The molecule has 1 aromatic rings. The second-order valence-electron chi connectivity index (χ2n) is 1.97. The maximum atomic E-state index is 8.46. The van der Waals surface area contributed by atoms with Gasteiger partial charge in [0.1, 0.15) is 12.7 Å². The van der Waals surface area contributed by atoms with Crippen molar-refractivity contribution in [3.05, 3.63) is 18.1 Å². The summed E-state index contributed by atoms with van der Waals surface area (Å²) in [6, 6.07) is 3.37. The average molecular weight is 174 g/mol. The molecule has 1 N–H and O–H groups in total. The number of nitrogens with one attached hydrogen (secondary N) is 1. The molecule has 64 valence electrons. The van der Waals surface area contributed by atoms with Crippen LogP contribution in [0, 0.1) is 23.7 Å². The summed E-state index contributed by atoms with van der Waals surface area (Å²) in [5, 5.41) is 8.46. The minimum Gasteiger partial charge on any atom is -0.262 e. The summed E-state index contributed by atoms with van der Waals surface area (Å²) < 4.78 is 0. The molecule has 1 aromatic heterocycles. The molecule has 0 atom stereocenters. The van der Waals surface area contributed by atoms with Gasteiger partial charge in [0.2, 0.25) is 5.82 Å². The van der Waals surface area contributed by atoms with E-state index in [1.807, 2.05) is 0 Å². The molecular weight excluding hydrogens is 168 g/mol. The molecule has 5 heteroatoms. The second-order valence-corrected chi connectivity index (χ2v) is 1.97. The zero-order valence-electron chi connectivity index (χ0n) is 6.69. The third-order valence-corrected chi connectivity index (χ3v) is 1.09. The van der Waals surface area contributed by atoms with E-state index in [9.17, 15) is 0 Å². The molecule has 0 bridgehead atoms. The van der Waals surface area contributed by atoms with Gasteiger partial charge >= 0.3 is 0 Å². The van der Waals surface area contributed by atoms with Crippen LogP contribution in [0.5, 0.6) is 0 Å². The first kappa shape index (κ1) is 8.98. The largest absolute Gasteiger partial charge is 0.262 e. The van der Waals surface area contributed by atoms with Crippen molar-refractivity contribution in [2.75, 3.05) is 12.1 Å². The van der Waals surface area contributed by atoms with E-state index in [0.29, 0.717) is 5.82 Å². The van der Waals surface area contributed by atoms with Gasteiger partial charge in [-0.1, -0.05) is 5.92 Å². The Morgan fingerprint density at radius 1 is 1.69 bits per heavy atom.